The molecule has 3 heterocycles. The van der Waals surface area contributed by atoms with Gasteiger partial charge in [0.1, 0.15) is 12.0 Å². The van der Waals surface area contributed by atoms with E-state index in [1.807, 2.05) is 30.3 Å². The highest BCUT2D eigenvalue weighted by molar-refractivity contribution is 6.16. The zero-order valence-electron chi connectivity index (χ0n) is 16.7. The number of anilines is 2. The summed E-state index contributed by atoms with van der Waals surface area (Å²) in [5.41, 5.74) is 2.55. The lowest BCUT2D eigenvalue weighted by molar-refractivity contribution is -0.116. The number of rotatable bonds is 5. The second-order valence-corrected chi connectivity index (χ2v) is 7.52. The molecule has 0 saturated heterocycles. The van der Waals surface area contributed by atoms with Gasteiger partial charge in [-0.3, -0.25) is 19.3 Å². The highest BCUT2D eigenvalue weighted by Gasteiger charge is 2.47. The Hall–Kier alpha value is -4.00. The molecule has 2 aliphatic rings. The van der Waals surface area contributed by atoms with Crippen molar-refractivity contribution in [1.82, 2.24) is 9.88 Å². The van der Waals surface area contributed by atoms with Crippen LogP contribution in [0.4, 0.5) is 11.5 Å². The highest BCUT2D eigenvalue weighted by atomic mass is 16.2. The van der Waals surface area contributed by atoms with E-state index < -0.39 is 6.17 Å². The van der Waals surface area contributed by atoms with Gasteiger partial charge in [-0.05, 0) is 36.8 Å². The van der Waals surface area contributed by atoms with Gasteiger partial charge in [0.25, 0.3) is 11.8 Å². The number of fused-ring (bicyclic) bond motifs is 5. The molecule has 5 rings (SSSR count). The van der Waals surface area contributed by atoms with Crippen molar-refractivity contribution in [1.29, 1.82) is 0 Å². The minimum Gasteiger partial charge on any atom is -0.313 e. The van der Waals surface area contributed by atoms with Crippen molar-refractivity contribution >= 4 is 29.2 Å². The number of para-hydroxylation sites is 1. The van der Waals surface area contributed by atoms with Gasteiger partial charge in [-0.1, -0.05) is 36.4 Å². The first-order valence-electron chi connectivity index (χ1n) is 10.2. The normalized spacial score (nSPS) is 16.6. The molecule has 154 valence electrons. The first-order chi connectivity index (χ1) is 15.1. The van der Waals surface area contributed by atoms with Crippen LogP contribution in [0.1, 0.15) is 45.3 Å². The summed E-state index contributed by atoms with van der Waals surface area (Å²) in [6, 6.07) is 19.9. The van der Waals surface area contributed by atoms with E-state index in [9.17, 15) is 14.4 Å². The molecule has 0 aliphatic carbocycles. The lowest BCUT2D eigenvalue weighted by Crippen LogP contribution is -2.48. The van der Waals surface area contributed by atoms with Crippen molar-refractivity contribution in [3.05, 3.63) is 89.6 Å². The third kappa shape index (κ3) is 3.24. The summed E-state index contributed by atoms with van der Waals surface area (Å²) in [4.78, 5) is 46.2. The van der Waals surface area contributed by atoms with Crippen LogP contribution in [-0.4, -0.2) is 34.2 Å². The van der Waals surface area contributed by atoms with E-state index in [2.05, 4.69) is 10.3 Å². The van der Waals surface area contributed by atoms with Crippen molar-refractivity contribution in [2.24, 2.45) is 0 Å². The molecule has 0 fully saturated rings. The number of amides is 3. The summed E-state index contributed by atoms with van der Waals surface area (Å²) in [5.74, 6) is 0.0882. The molecule has 31 heavy (non-hydrogen) atoms. The summed E-state index contributed by atoms with van der Waals surface area (Å²) >= 11 is 0. The quantitative estimate of drug-likeness (QED) is 0.694. The second-order valence-electron chi connectivity index (χ2n) is 7.52. The highest BCUT2D eigenvalue weighted by Crippen LogP contribution is 2.45. The number of hydrogen-bond donors (Lipinski definition) is 1. The summed E-state index contributed by atoms with van der Waals surface area (Å²) in [6.45, 7) is 0.353. The Balaban J connectivity index is 1.38. The number of benzene rings is 2. The number of carbonyl (C=O) groups excluding carboxylic acids is 3. The Morgan fingerprint density at radius 1 is 0.903 bits per heavy atom. The maximum atomic E-state index is 13.3. The number of carbonyl (C=O) groups is 3. The summed E-state index contributed by atoms with van der Waals surface area (Å²) in [5, 5.41) is 2.76. The number of pyridine rings is 1. The number of nitrogens with zero attached hydrogens (tertiary/aromatic N) is 3. The SMILES string of the molecule is O=C(CCCN1C(=O)c2ccccc2N2C(=O)c3ccccc3[C@H]12)Nc1ccccn1. The molecule has 7 heteroatoms. The fraction of sp³-hybridized carbons (Fsp3) is 0.167. The third-order valence-corrected chi connectivity index (χ3v) is 5.62. The Bertz CT molecular complexity index is 1180. The molecule has 1 aromatic heterocycles. The molecule has 3 amide bonds. The molecular weight excluding hydrogens is 392 g/mol. The van der Waals surface area contributed by atoms with E-state index in [0.717, 1.165) is 5.56 Å². The van der Waals surface area contributed by atoms with Crippen molar-refractivity contribution < 1.29 is 14.4 Å². The first kappa shape index (κ1) is 19.0. The number of hydrogen-bond acceptors (Lipinski definition) is 4. The van der Waals surface area contributed by atoms with Crippen molar-refractivity contribution in [3.8, 4) is 0 Å². The minimum absolute atomic E-state index is 0.113. The lowest BCUT2D eigenvalue weighted by Gasteiger charge is -2.41. The Morgan fingerprint density at radius 2 is 1.65 bits per heavy atom. The molecule has 1 N–H and O–H groups in total. The standard InChI is InChI=1S/C24H20N4O3/c29-21(26-20-12-5-6-14-25-20)13-7-15-27-22-16-8-1-2-9-17(16)24(31)28(22)19-11-4-3-10-18(19)23(27)30/h1-6,8-12,14,22H,7,13,15H2,(H,25,26,29)/t22-/m1/s1. The summed E-state index contributed by atoms with van der Waals surface area (Å²) < 4.78 is 0. The van der Waals surface area contributed by atoms with Gasteiger partial charge in [0.05, 0.1) is 11.3 Å². The lowest BCUT2D eigenvalue weighted by atomic mass is 10.0. The molecule has 0 bridgehead atoms. The van der Waals surface area contributed by atoms with Crippen LogP contribution in [0.3, 0.4) is 0 Å². The summed E-state index contributed by atoms with van der Waals surface area (Å²) in [7, 11) is 0. The average Bonchev–Trinajstić information content (AvgIpc) is 3.09. The summed E-state index contributed by atoms with van der Waals surface area (Å²) in [6.07, 6.45) is 1.82. The average molecular weight is 412 g/mol. The molecule has 1 atom stereocenters. The Kier molecular flexibility index (Phi) is 4.71. The zero-order chi connectivity index (χ0) is 21.4. The first-order valence-corrected chi connectivity index (χ1v) is 10.2. The van der Waals surface area contributed by atoms with E-state index in [0.29, 0.717) is 35.6 Å². The number of aromatic nitrogens is 1. The van der Waals surface area contributed by atoms with E-state index in [4.69, 9.17) is 0 Å². The zero-order valence-corrected chi connectivity index (χ0v) is 16.7. The predicted octanol–water partition coefficient (Wildman–Crippen LogP) is 3.62. The van der Waals surface area contributed by atoms with Gasteiger partial charge in [0, 0.05) is 30.3 Å². The van der Waals surface area contributed by atoms with Crippen LogP contribution < -0.4 is 10.2 Å². The van der Waals surface area contributed by atoms with Gasteiger partial charge >= 0.3 is 0 Å². The van der Waals surface area contributed by atoms with Gasteiger partial charge in [-0.2, -0.15) is 0 Å². The molecule has 2 aliphatic heterocycles. The monoisotopic (exact) mass is 412 g/mol. The van der Waals surface area contributed by atoms with Gasteiger partial charge in [-0.25, -0.2) is 4.98 Å². The van der Waals surface area contributed by atoms with Crippen LogP contribution in [0.25, 0.3) is 0 Å². The molecule has 0 radical (unpaired) electrons. The van der Waals surface area contributed by atoms with E-state index in [-0.39, 0.29) is 24.1 Å². The van der Waals surface area contributed by atoms with Crippen LogP contribution in [0, 0.1) is 0 Å². The van der Waals surface area contributed by atoms with E-state index >= 15 is 0 Å². The maximum absolute atomic E-state index is 13.3. The van der Waals surface area contributed by atoms with Crippen molar-refractivity contribution in [2.45, 2.75) is 19.0 Å². The van der Waals surface area contributed by atoms with Crippen LogP contribution in [-0.2, 0) is 4.79 Å². The number of nitrogens with one attached hydrogen (secondary N) is 1. The van der Waals surface area contributed by atoms with Gasteiger partial charge < -0.3 is 10.2 Å². The van der Waals surface area contributed by atoms with Gasteiger partial charge in [0.15, 0.2) is 0 Å². The molecule has 0 spiro atoms. The topological polar surface area (TPSA) is 82.6 Å². The molecule has 7 nitrogen and oxygen atoms in total. The van der Waals surface area contributed by atoms with Gasteiger partial charge in [0.2, 0.25) is 5.91 Å². The van der Waals surface area contributed by atoms with Gasteiger partial charge in [-0.15, -0.1) is 0 Å². The minimum atomic E-state index is -0.495. The van der Waals surface area contributed by atoms with Crippen LogP contribution in [0.2, 0.25) is 0 Å². The molecule has 3 aromatic rings. The third-order valence-electron chi connectivity index (χ3n) is 5.62. The maximum Gasteiger partial charge on any atom is 0.260 e. The Labute approximate surface area is 179 Å². The smallest absolute Gasteiger partial charge is 0.260 e. The second kappa shape index (κ2) is 7.68. The van der Waals surface area contributed by atoms with Crippen LogP contribution in [0.5, 0.6) is 0 Å². The fourth-order valence-corrected chi connectivity index (χ4v) is 4.25. The van der Waals surface area contributed by atoms with E-state index in [1.54, 1.807) is 52.4 Å². The van der Waals surface area contributed by atoms with Crippen LogP contribution in [0.15, 0.2) is 72.9 Å². The van der Waals surface area contributed by atoms with E-state index in [1.165, 1.54) is 0 Å². The molecule has 2 aromatic carbocycles. The van der Waals surface area contributed by atoms with Crippen LogP contribution >= 0.6 is 0 Å². The van der Waals surface area contributed by atoms with Crippen molar-refractivity contribution in [2.75, 3.05) is 16.8 Å². The largest absolute Gasteiger partial charge is 0.313 e. The van der Waals surface area contributed by atoms with Crippen molar-refractivity contribution in [3.63, 3.8) is 0 Å². The molecule has 0 saturated carbocycles. The Morgan fingerprint density at radius 3 is 2.45 bits per heavy atom. The fourth-order valence-electron chi connectivity index (χ4n) is 4.25. The molecule has 0 unspecified atom stereocenters. The molecular formula is C24H20N4O3. The predicted molar refractivity (Wildman–Crippen MR) is 116 cm³/mol.